The highest BCUT2D eigenvalue weighted by molar-refractivity contribution is 6.44. The third-order valence-electron chi connectivity index (χ3n) is 1.23. The molecule has 0 rings (SSSR count). The van der Waals surface area contributed by atoms with E-state index >= 15 is 0 Å². The molecular weight excluding hydrogens is 227 g/mol. The summed E-state index contributed by atoms with van der Waals surface area (Å²) < 4.78 is 5.08. The summed E-state index contributed by atoms with van der Waals surface area (Å²) in [5.74, 6) is 0. The van der Waals surface area contributed by atoms with Gasteiger partial charge in [-0.25, -0.2) is 4.79 Å². The lowest BCUT2D eigenvalue weighted by Crippen LogP contribution is -2.41. The average molecular weight is 243 g/mol. The lowest BCUT2D eigenvalue weighted by Gasteiger charge is -2.27. The normalized spacial score (nSPS) is 11.6. The van der Waals surface area contributed by atoms with Crippen LogP contribution in [0.3, 0.4) is 0 Å². The molecule has 0 radical (unpaired) electrons. The number of hydrogen-bond acceptors (Lipinski definition) is 3. The van der Waals surface area contributed by atoms with E-state index in [1.54, 1.807) is 20.8 Å². The lowest BCUT2D eigenvalue weighted by molar-refractivity contribution is 0.0270. The van der Waals surface area contributed by atoms with Crippen molar-refractivity contribution in [2.24, 2.45) is 5.73 Å². The van der Waals surface area contributed by atoms with Crippen molar-refractivity contribution in [1.82, 2.24) is 4.90 Å². The lowest BCUT2D eigenvalue weighted by atomic mass is 10.2. The Labute approximate surface area is 94.3 Å². The van der Waals surface area contributed by atoms with Gasteiger partial charge in [-0.3, -0.25) is 4.90 Å². The Balaban J connectivity index is 4.30. The molecule has 0 heterocycles. The highest BCUT2D eigenvalue weighted by Gasteiger charge is 2.25. The maximum atomic E-state index is 11.5. The molecule has 0 unspecified atom stereocenters. The van der Waals surface area contributed by atoms with Crippen LogP contribution in [0.1, 0.15) is 20.8 Å². The van der Waals surface area contributed by atoms with E-state index in [1.165, 1.54) is 0 Å². The monoisotopic (exact) mass is 242 g/mol. The minimum Gasteiger partial charge on any atom is -0.444 e. The van der Waals surface area contributed by atoms with Crippen LogP contribution in [0, 0.1) is 0 Å². The fraction of sp³-hybridized carbons (Fsp3) is 0.875. The summed E-state index contributed by atoms with van der Waals surface area (Å²) in [4.78, 5) is 11.7. The molecule has 6 heteroatoms. The standard InChI is InChI=1S/C8H16Cl2N2O2/c1-8(2,3)14-7(13)12(5-4-11)6(9)10/h6H,4-5,11H2,1-3H3. The molecule has 0 aromatic carbocycles. The van der Waals surface area contributed by atoms with Crippen molar-refractivity contribution in [3.8, 4) is 0 Å². The van der Waals surface area contributed by atoms with Crippen LogP contribution in [0.2, 0.25) is 0 Å². The van der Waals surface area contributed by atoms with Crippen molar-refractivity contribution >= 4 is 29.3 Å². The fourth-order valence-electron chi connectivity index (χ4n) is 0.728. The van der Waals surface area contributed by atoms with Gasteiger partial charge >= 0.3 is 6.09 Å². The number of carbonyl (C=O) groups is 1. The first-order chi connectivity index (χ1) is 6.28. The summed E-state index contributed by atoms with van der Waals surface area (Å²) in [7, 11) is 0. The Hall–Kier alpha value is -0.190. The average Bonchev–Trinajstić information content (AvgIpc) is 1.95. The van der Waals surface area contributed by atoms with Crippen LogP contribution >= 0.6 is 23.2 Å². The second-order valence-corrected chi connectivity index (χ2v) is 4.79. The number of rotatable bonds is 3. The number of alkyl halides is 2. The highest BCUT2D eigenvalue weighted by Crippen LogP contribution is 2.15. The SMILES string of the molecule is CC(C)(C)OC(=O)N(CCN)C(Cl)Cl. The molecule has 0 aliphatic carbocycles. The van der Waals surface area contributed by atoms with Crippen molar-refractivity contribution in [3.05, 3.63) is 0 Å². The summed E-state index contributed by atoms with van der Waals surface area (Å²) in [5.41, 5.74) is 4.74. The molecule has 0 fully saturated rings. The summed E-state index contributed by atoms with van der Waals surface area (Å²) in [5, 5.41) is 0. The van der Waals surface area contributed by atoms with E-state index in [-0.39, 0.29) is 13.1 Å². The molecule has 0 saturated heterocycles. The number of halogens is 2. The van der Waals surface area contributed by atoms with Gasteiger partial charge in [-0.15, -0.1) is 0 Å². The Morgan fingerprint density at radius 1 is 1.50 bits per heavy atom. The summed E-state index contributed by atoms with van der Waals surface area (Å²) in [6, 6.07) is 0. The first-order valence-corrected chi connectivity index (χ1v) is 5.13. The molecule has 0 atom stereocenters. The Morgan fingerprint density at radius 3 is 2.29 bits per heavy atom. The van der Waals surface area contributed by atoms with E-state index in [2.05, 4.69) is 0 Å². The molecular formula is C8H16Cl2N2O2. The van der Waals surface area contributed by atoms with Crippen LogP contribution in [-0.2, 0) is 4.74 Å². The maximum Gasteiger partial charge on any atom is 0.412 e. The molecule has 0 spiro atoms. The fourth-order valence-corrected chi connectivity index (χ4v) is 1.08. The van der Waals surface area contributed by atoms with Gasteiger partial charge in [0.25, 0.3) is 0 Å². The molecule has 1 amide bonds. The molecule has 0 bridgehead atoms. The van der Waals surface area contributed by atoms with Crippen LogP contribution in [0.15, 0.2) is 0 Å². The first kappa shape index (κ1) is 13.8. The van der Waals surface area contributed by atoms with Gasteiger partial charge in [0, 0.05) is 13.1 Å². The molecule has 84 valence electrons. The van der Waals surface area contributed by atoms with Crippen LogP contribution in [0.25, 0.3) is 0 Å². The topological polar surface area (TPSA) is 55.6 Å². The van der Waals surface area contributed by atoms with E-state index in [0.717, 1.165) is 4.90 Å². The smallest absolute Gasteiger partial charge is 0.412 e. The highest BCUT2D eigenvalue weighted by atomic mass is 35.5. The second-order valence-electron chi connectivity index (χ2n) is 3.74. The molecule has 0 aromatic rings. The van der Waals surface area contributed by atoms with E-state index < -0.39 is 16.7 Å². The van der Waals surface area contributed by atoms with Gasteiger partial charge in [0.05, 0.1) is 0 Å². The molecule has 14 heavy (non-hydrogen) atoms. The van der Waals surface area contributed by atoms with E-state index in [0.29, 0.717) is 0 Å². The molecule has 0 saturated carbocycles. The summed E-state index contributed by atoms with van der Waals surface area (Å²) in [6.07, 6.45) is -0.557. The van der Waals surface area contributed by atoms with Crippen LogP contribution in [0.4, 0.5) is 4.79 Å². The quantitative estimate of drug-likeness (QED) is 0.608. The number of amides is 1. The molecule has 0 aliphatic heterocycles. The van der Waals surface area contributed by atoms with Gasteiger partial charge < -0.3 is 10.5 Å². The minimum atomic E-state index is -0.937. The van der Waals surface area contributed by atoms with Gasteiger partial charge in [0.15, 0.2) is 4.96 Å². The zero-order chi connectivity index (χ0) is 11.4. The number of hydrogen-bond donors (Lipinski definition) is 1. The maximum absolute atomic E-state index is 11.5. The predicted molar refractivity (Wildman–Crippen MR) is 57.5 cm³/mol. The summed E-state index contributed by atoms with van der Waals surface area (Å²) in [6.45, 7) is 5.86. The summed E-state index contributed by atoms with van der Waals surface area (Å²) >= 11 is 11.2. The predicted octanol–water partition coefficient (Wildman–Crippen LogP) is 1.94. The molecule has 2 N–H and O–H groups in total. The molecule has 4 nitrogen and oxygen atoms in total. The van der Waals surface area contributed by atoms with Crippen LogP contribution in [0.5, 0.6) is 0 Å². The van der Waals surface area contributed by atoms with E-state index in [1.807, 2.05) is 0 Å². The van der Waals surface area contributed by atoms with E-state index in [4.69, 9.17) is 33.7 Å². The zero-order valence-corrected chi connectivity index (χ0v) is 10.1. The Kier molecular flexibility index (Phi) is 5.56. The number of carbonyl (C=O) groups excluding carboxylic acids is 1. The van der Waals surface area contributed by atoms with Crippen molar-refractivity contribution in [2.75, 3.05) is 13.1 Å². The third-order valence-corrected chi connectivity index (χ3v) is 1.70. The zero-order valence-electron chi connectivity index (χ0n) is 8.59. The van der Waals surface area contributed by atoms with Gasteiger partial charge in [0.2, 0.25) is 0 Å². The van der Waals surface area contributed by atoms with E-state index in [9.17, 15) is 4.79 Å². The Bertz CT molecular complexity index is 192. The third kappa shape index (κ3) is 5.52. The van der Waals surface area contributed by atoms with Crippen molar-refractivity contribution < 1.29 is 9.53 Å². The molecule has 0 aromatic heterocycles. The Morgan fingerprint density at radius 2 is 2.00 bits per heavy atom. The number of nitrogens with zero attached hydrogens (tertiary/aromatic N) is 1. The number of ether oxygens (including phenoxy) is 1. The largest absolute Gasteiger partial charge is 0.444 e. The van der Waals surface area contributed by atoms with Crippen molar-refractivity contribution in [2.45, 2.75) is 31.3 Å². The minimum absolute atomic E-state index is 0.270. The van der Waals surface area contributed by atoms with Gasteiger partial charge in [-0.2, -0.15) is 0 Å². The molecule has 0 aliphatic rings. The first-order valence-electron chi connectivity index (χ1n) is 4.26. The second kappa shape index (κ2) is 5.63. The van der Waals surface area contributed by atoms with Gasteiger partial charge in [0.1, 0.15) is 5.60 Å². The van der Waals surface area contributed by atoms with Gasteiger partial charge in [-0.1, -0.05) is 23.2 Å². The van der Waals surface area contributed by atoms with Gasteiger partial charge in [-0.05, 0) is 20.8 Å². The number of nitrogens with two attached hydrogens (primary N) is 1. The van der Waals surface area contributed by atoms with Crippen LogP contribution in [-0.4, -0.2) is 34.6 Å². The van der Waals surface area contributed by atoms with Crippen LogP contribution < -0.4 is 5.73 Å². The van der Waals surface area contributed by atoms with Crippen molar-refractivity contribution in [1.29, 1.82) is 0 Å². The van der Waals surface area contributed by atoms with Crippen molar-refractivity contribution in [3.63, 3.8) is 0 Å².